The molecule has 0 unspecified atom stereocenters. The highest BCUT2D eigenvalue weighted by molar-refractivity contribution is 7.80. The van der Waals surface area contributed by atoms with Gasteiger partial charge < -0.3 is 9.73 Å². The SMILES string of the molecule is Cc1csc2c(=O)cc(NCCS)oc12. The summed E-state index contributed by atoms with van der Waals surface area (Å²) < 4.78 is 6.27. The number of nitrogens with one attached hydrogen (secondary N) is 1. The fraction of sp³-hybridized carbons (Fsp3) is 0.300. The van der Waals surface area contributed by atoms with Gasteiger partial charge in [-0.25, -0.2) is 0 Å². The Bertz CT molecular complexity index is 530. The summed E-state index contributed by atoms with van der Waals surface area (Å²) in [5.74, 6) is 1.22. The Morgan fingerprint density at radius 2 is 2.40 bits per heavy atom. The van der Waals surface area contributed by atoms with Crippen LogP contribution in [0.1, 0.15) is 5.56 Å². The standard InChI is InChI=1S/C10H11NO2S2/c1-6-5-15-10-7(12)4-8(11-2-3-14)13-9(6)10/h4-5,11,14H,2-3H2,1H3. The second kappa shape index (κ2) is 4.28. The van der Waals surface area contributed by atoms with Crippen molar-refractivity contribution in [1.82, 2.24) is 0 Å². The Morgan fingerprint density at radius 3 is 3.13 bits per heavy atom. The lowest BCUT2D eigenvalue weighted by atomic mass is 10.3. The fourth-order valence-corrected chi connectivity index (χ4v) is 2.32. The van der Waals surface area contributed by atoms with Crippen LogP contribution in [-0.4, -0.2) is 12.3 Å². The van der Waals surface area contributed by atoms with Crippen molar-refractivity contribution >= 4 is 40.1 Å². The number of hydrogen-bond acceptors (Lipinski definition) is 5. The predicted molar refractivity (Wildman–Crippen MR) is 67.4 cm³/mol. The van der Waals surface area contributed by atoms with Crippen LogP contribution in [0.5, 0.6) is 0 Å². The van der Waals surface area contributed by atoms with Gasteiger partial charge in [0.25, 0.3) is 0 Å². The lowest BCUT2D eigenvalue weighted by molar-refractivity contribution is 0.615. The zero-order valence-electron chi connectivity index (χ0n) is 8.24. The van der Waals surface area contributed by atoms with E-state index in [-0.39, 0.29) is 5.43 Å². The number of thiophene rings is 1. The zero-order chi connectivity index (χ0) is 10.8. The van der Waals surface area contributed by atoms with E-state index >= 15 is 0 Å². The molecule has 0 radical (unpaired) electrons. The van der Waals surface area contributed by atoms with Gasteiger partial charge in [0.1, 0.15) is 4.70 Å². The highest BCUT2D eigenvalue weighted by Crippen LogP contribution is 2.24. The van der Waals surface area contributed by atoms with E-state index in [0.717, 1.165) is 5.56 Å². The van der Waals surface area contributed by atoms with Gasteiger partial charge in [-0.2, -0.15) is 12.6 Å². The van der Waals surface area contributed by atoms with Crippen LogP contribution in [0, 0.1) is 6.92 Å². The molecule has 3 nitrogen and oxygen atoms in total. The monoisotopic (exact) mass is 241 g/mol. The van der Waals surface area contributed by atoms with Crippen molar-refractivity contribution in [2.45, 2.75) is 6.92 Å². The van der Waals surface area contributed by atoms with Gasteiger partial charge in [0.15, 0.2) is 11.5 Å². The van der Waals surface area contributed by atoms with Crippen LogP contribution in [0.25, 0.3) is 10.3 Å². The Kier molecular flexibility index (Phi) is 3.02. The van der Waals surface area contributed by atoms with Crippen LogP contribution < -0.4 is 10.7 Å². The summed E-state index contributed by atoms with van der Waals surface area (Å²) in [4.78, 5) is 11.7. The number of aryl methyl sites for hydroxylation is 1. The van der Waals surface area contributed by atoms with Gasteiger partial charge in [0.2, 0.25) is 5.43 Å². The summed E-state index contributed by atoms with van der Waals surface area (Å²) in [6.45, 7) is 2.62. The van der Waals surface area contributed by atoms with Gasteiger partial charge in [-0.15, -0.1) is 11.3 Å². The third-order valence-electron chi connectivity index (χ3n) is 2.03. The number of fused-ring (bicyclic) bond motifs is 1. The smallest absolute Gasteiger partial charge is 0.204 e. The lowest BCUT2D eigenvalue weighted by Gasteiger charge is -2.02. The molecule has 80 valence electrons. The molecule has 0 saturated carbocycles. The Hall–Kier alpha value is -0.940. The molecule has 0 aliphatic heterocycles. The zero-order valence-corrected chi connectivity index (χ0v) is 9.95. The maximum Gasteiger partial charge on any atom is 0.204 e. The summed E-state index contributed by atoms with van der Waals surface area (Å²) in [6, 6.07) is 1.49. The molecule has 2 heterocycles. The summed E-state index contributed by atoms with van der Waals surface area (Å²) >= 11 is 5.50. The van der Waals surface area contributed by atoms with Crippen molar-refractivity contribution in [3.8, 4) is 0 Å². The average molecular weight is 241 g/mol. The van der Waals surface area contributed by atoms with Crippen LogP contribution in [-0.2, 0) is 0 Å². The maximum absolute atomic E-state index is 11.7. The minimum Gasteiger partial charge on any atom is -0.439 e. The number of thiol groups is 1. The van der Waals surface area contributed by atoms with E-state index in [9.17, 15) is 4.79 Å². The average Bonchev–Trinajstić information content (AvgIpc) is 2.58. The van der Waals surface area contributed by atoms with Gasteiger partial charge in [0, 0.05) is 23.9 Å². The molecule has 0 aromatic carbocycles. The molecule has 15 heavy (non-hydrogen) atoms. The Balaban J connectivity index is 2.50. The van der Waals surface area contributed by atoms with Crippen LogP contribution in [0.4, 0.5) is 5.88 Å². The van der Waals surface area contributed by atoms with Crippen molar-refractivity contribution in [2.75, 3.05) is 17.6 Å². The normalized spacial score (nSPS) is 10.8. The van der Waals surface area contributed by atoms with Gasteiger partial charge in [-0.05, 0) is 12.3 Å². The quantitative estimate of drug-likeness (QED) is 0.811. The predicted octanol–water partition coefficient (Wildman–Crippen LogP) is 2.50. The first-order valence-corrected chi connectivity index (χ1v) is 6.10. The van der Waals surface area contributed by atoms with E-state index < -0.39 is 0 Å². The van der Waals surface area contributed by atoms with Gasteiger partial charge in [-0.1, -0.05) is 0 Å². The van der Waals surface area contributed by atoms with Crippen molar-refractivity contribution in [2.24, 2.45) is 0 Å². The van der Waals surface area contributed by atoms with Crippen LogP contribution in [0.2, 0.25) is 0 Å². The molecule has 2 rings (SSSR count). The first-order chi connectivity index (χ1) is 7.22. The minimum atomic E-state index is 0.0102. The molecule has 0 atom stereocenters. The molecule has 5 heteroatoms. The van der Waals surface area contributed by atoms with E-state index in [1.54, 1.807) is 0 Å². The summed E-state index contributed by atoms with van der Waals surface area (Å²) in [7, 11) is 0. The van der Waals surface area contributed by atoms with Crippen LogP contribution in [0.15, 0.2) is 20.7 Å². The maximum atomic E-state index is 11.7. The minimum absolute atomic E-state index is 0.0102. The molecule has 0 spiro atoms. The molecule has 0 fully saturated rings. The van der Waals surface area contributed by atoms with E-state index in [2.05, 4.69) is 17.9 Å². The molecule has 2 aromatic rings. The number of hydrogen-bond donors (Lipinski definition) is 2. The molecule has 0 saturated heterocycles. The largest absolute Gasteiger partial charge is 0.439 e. The van der Waals surface area contributed by atoms with Gasteiger partial charge in [0.05, 0.1) is 0 Å². The first kappa shape index (κ1) is 10.6. The van der Waals surface area contributed by atoms with E-state index in [0.29, 0.717) is 28.5 Å². The molecule has 0 aliphatic carbocycles. The van der Waals surface area contributed by atoms with Gasteiger partial charge in [-0.3, -0.25) is 4.79 Å². The van der Waals surface area contributed by atoms with Crippen molar-refractivity contribution in [1.29, 1.82) is 0 Å². The summed E-state index contributed by atoms with van der Waals surface area (Å²) in [5, 5.41) is 4.93. The fourth-order valence-electron chi connectivity index (χ4n) is 1.32. The number of rotatable bonds is 3. The lowest BCUT2D eigenvalue weighted by Crippen LogP contribution is -2.06. The Morgan fingerprint density at radius 1 is 1.60 bits per heavy atom. The van der Waals surface area contributed by atoms with Crippen molar-refractivity contribution < 1.29 is 4.42 Å². The Labute approximate surface area is 96.5 Å². The molecule has 0 aliphatic rings. The third-order valence-corrected chi connectivity index (χ3v) is 3.34. The first-order valence-electron chi connectivity index (χ1n) is 4.59. The van der Waals surface area contributed by atoms with Crippen LogP contribution >= 0.6 is 24.0 Å². The van der Waals surface area contributed by atoms with Gasteiger partial charge >= 0.3 is 0 Å². The summed E-state index contributed by atoms with van der Waals surface area (Å²) in [5.41, 5.74) is 1.70. The number of anilines is 1. The van der Waals surface area contributed by atoms with Crippen molar-refractivity contribution in [3.63, 3.8) is 0 Å². The second-order valence-electron chi connectivity index (χ2n) is 3.20. The molecular weight excluding hydrogens is 230 g/mol. The highest BCUT2D eigenvalue weighted by atomic mass is 32.1. The van der Waals surface area contributed by atoms with Crippen LogP contribution in [0.3, 0.4) is 0 Å². The van der Waals surface area contributed by atoms with E-state index in [1.807, 2.05) is 12.3 Å². The topological polar surface area (TPSA) is 42.2 Å². The molecule has 1 N–H and O–H groups in total. The molecular formula is C10H11NO2S2. The highest BCUT2D eigenvalue weighted by Gasteiger charge is 2.08. The second-order valence-corrected chi connectivity index (χ2v) is 4.53. The van der Waals surface area contributed by atoms with E-state index in [4.69, 9.17) is 4.42 Å². The summed E-state index contributed by atoms with van der Waals surface area (Å²) in [6.07, 6.45) is 0. The van der Waals surface area contributed by atoms with Crippen molar-refractivity contribution in [3.05, 3.63) is 27.2 Å². The third kappa shape index (κ3) is 2.03. The molecule has 0 amide bonds. The molecule has 0 bridgehead atoms. The molecule has 2 aromatic heterocycles. The van der Waals surface area contributed by atoms with E-state index in [1.165, 1.54) is 17.4 Å².